The Bertz CT molecular complexity index is 841. The first kappa shape index (κ1) is 16.2. The summed E-state index contributed by atoms with van der Waals surface area (Å²) in [5, 5.41) is 3.65. The van der Waals surface area contributed by atoms with Gasteiger partial charge in [-0.15, -0.1) is 0 Å². The molecule has 0 atom stereocenters. The van der Waals surface area contributed by atoms with Crippen LogP contribution in [-0.2, 0) is 9.59 Å². The van der Waals surface area contributed by atoms with E-state index < -0.39 is 5.63 Å². The van der Waals surface area contributed by atoms with E-state index in [1.807, 2.05) is 13.0 Å². The molecule has 0 aliphatic carbocycles. The molecule has 0 bridgehead atoms. The van der Waals surface area contributed by atoms with Gasteiger partial charge in [0, 0.05) is 49.1 Å². The number of carbonyl (C=O) groups excluding carboxylic acids is 2. The summed E-state index contributed by atoms with van der Waals surface area (Å²) >= 11 is 0. The van der Waals surface area contributed by atoms with E-state index in [0.29, 0.717) is 37.1 Å². The highest BCUT2D eigenvalue weighted by Gasteiger charge is 2.19. The van der Waals surface area contributed by atoms with Crippen molar-refractivity contribution in [3.05, 3.63) is 40.2 Å². The number of likely N-dealkylation sites (tertiary alicyclic amines) is 1. The summed E-state index contributed by atoms with van der Waals surface area (Å²) in [6.07, 6.45) is 2.51. The third-order valence-corrected chi connectivity index (χ3v) is 4.24. The molecule has 1 aromatic carbocycles. The second-order valence-electron chi connectivity index (χ2n) is 6.10. The van der Waals surface area contributed by atoms with Gasteiger partial charge in [-0.3, -0.25) is 9.59 Å². The number of nitrogens with zero attached hydrogens (tertiary/aromatic N) is 1. The number of nitrogens with one attached hydrogen (secondary N) is 1. The van der Waals surface area contributed by atoms with Gasteiger partial charge in [-0.25, -0.2) is 4.79 Å². The summed E-state index contributed by atoms with van der Waals surface area (Å²) < 4.78 is 5.17. The van der Waals surface area contributed by atoms with Gasteiger partial charge in [-0.05, 0) is 37.5 Å². The maximum atomic E-state index is 12.0. The van der Waals surface area contributed by atoms with Gasteiger partial charge in [-0.1, -0.05) is 0 Å². The van der Waals surface area contributed by atoms with E-state index in [2.05, 4.69) is 5.32 Å². The second-order valence-corrected chi connectivity index (χ2v) is 6.10. The molecule has 0 unspecified atom stereocenters. The standard InChI is InChI=1S/C18H20N2O4/c1-12-10-18(23)24-15-11-13(6-7-14(12)15)19-16(21)4-2-8-20-9-3-5-17(20)22/h6-7,10-11H,2-5,8-9H2,1H3,(H,19,21). The van der Waals surface area contributed by atoms with Gasteiger partial charge in [0.1, 0.15) is 5.58 Å². The van der Waals surface area contributed by atoms with E-state index in [0.717, 1.165) is 23.9 Å². The summed E-state index contributed by atoms with van der Waals surface area (Å²) in [5.41, 5.74) is 1.49. The number of hydrogen-bond donors (Lipinski definition) is 1. The lowest BCUT2D eigenvalue weighted by atomic mass is 10.1. The van der Waals surface area contributed by atoms with Gasteiger partial charge >= 0.3 is 5.63 Å². The van der Waals surface area contributed by atoms with Crippen molar-refractivity contribution in [1.82, 2.24) is 4.90 Å². The summed E-state index contributed by atoms with van der Waals surface area (Å²) in [6.45, 7) is 3.26. The van der Waals surface area contributed by atoms with E-state index in [4.69, 9.17) is 4.42 Å². The number of aryl methyl sites for hydroxylation is 1. The number of benzene rings is 1. The number of fused-ring (bicyclic) bond motifs is 1. The summed E-state index contributed by atoms with van der Waals surface area (Å²) in [4.78, 5) is 36.8. The molecule has 24 heavy (non-hydrogen) atoms. The molecule has 2 aromatic rings. The minimum atomic E-state index is -0.404. The molecule has 0 spiro atoms. The van der Waals surface area contributed by atoms with Gasteiger partial charge in [0.2, 0.25) is 11.8 Å². The molecule has 1 fully saturated rings. The van der Waals surface area contributed by atoms with Crippen LogP contribution in [0.2, 0.25) is 0 Å². The van der Waals surface area contributed by atoms with Crippen LogP contribution in [0.3, 0.4) is 0 Å². The largest absolute Gasteiger partial charge is 0.423 e. The first-order valence-electron chi connectivity index (χ1n) is 8.15. The smallest absolute Gasteiger partial charge is 0.336 e. The van der Waals surface area contributed by atoms with E-state index in [-0.39, 0.29) is 11.8 Å². The highest BCUT2D eigenvalue weighted by Crippen LogP contribution is 2.21. The first-order chi connectivity index (χ1) is 11.5. The molecule has 2 amide bonds. The average molecular weight is 328 g/mol. The van der Waals surface area contributed by atoms with E-state index in [1.165, 1.54) is 6.07 Å². The Morgan fingerprint density at radius 2 is 2.12 bits per heavy atom. The Kier molecular flexibility index (Phi) is 4.64. The van der Waals surface area contributed by atoms with Gasteiger partial charge in [0.15, 0.2) is 0 Å². The fourth-order valence-corrected chi connectivity index (χ4v) is 3.00. The molecule has 1 saturated heterocycles. The van der Waals surface area contributed by atoms with Crippen LogP contribution < -0.4 is 10.9 Å². The van der Waals surface area contributed by atoms with Gasteiger partial charge < -0.3 is 14.6 Å². The average Bonchev–Trinajstić information content (AvgIpc) is 2.92. The third kappa shape index (κ3) is 3.64. The third-order valence-electron chi connectivity index (χ3n) is 4.24. The molecule has 6 nitrogen and oxygen atoms in total. The quantitative estimate of drug-likeness (QED) is 0.855. The minimum Gasteiger partial charge on any atom is -0.423 e. The van der Waals surface area contributed by atoms with Crippen molar-refractivity contribution in [2.45, 2.75) is 32.6 Å². The molecule has 1 aromatic heterocycles. The van der Waals surface area contributed by atoms with Crippen LogP contribution in [-0.4, -0.2) is 29.8 Å². The molecule has 0 radical (unpaired) electrons. The number of carbonyl (C=O) groups is 2. The van der Waals surface area contributed by atoms with Crippen LogP contribution in [0.4, 0.5) is 5.69 Å². The lowest BCUT2D eigenvalue weighted by molar-refractivity contribution is -0.128. The van der Waals surface area contributed by atoms with E-state index >= 15 is 0 Å². The Hall–Kier alpha value is -2.63. The number of rotatable bonds is 5. The molecular formula is C18H20N2O4. The molecule has 126 valence electrons. The lowest BCUT2D eigenvalue weighted by Crippen LogP contribution is -2.26. The minimum absolute atomic E-state index is 0.115. The molecule has 0 saturated carbocycles. The predicted octanol–water partition coefficient (Wildman–Crippen LogP) is 2.44. The predicted molar refractivity (Wildman–Crippen MR) is 90.9 cm³/mol. The van der Waals surface area contributed by atoms with Gasteiger partial charge in [0.05, 0.1) is 0 Å². The van der Waals surface area contributed by atoms with Crippen molar-refractivity contribution in [2.24, 2.45) is 0 Å². The molecule has 1 N–H and O–H groups in total. The zero-order valence-electron chi connectivity index (χ0n) is 13.6. The first-order valence-corrected chi connectivity index (χ1v) is 8.15. The molecule has 1 aliphatic rings. The SMILES string of the molecule is Cc1cc(=O)oc2cc(NC(=O)CCCN3CCCC3=O)ccc12. The molecule has 6 heteroatoms. The van der Waals surface area contributed by atoms with Crippen molar-refractivity contribution in [3.8, 4) is 0 Å². The number of anilines is 1. The summed E-state index contributed by atoms with van der Waals surface area (Å²) in [7, 11) is 0. The van der Waals surface area contributed by atoms with Crippen molar-refractivity contribution in [2.75, 3.05) is 18.4 Å². The monoisotopic (exact) mass is 328 g/mol. The van der Waals surface area contributed by atoms with Crippen molar-refractivity contribution >= 4 is 28.5 Å². The van der Waals surface area contributed by atoms with E-state index in [1.54, 1.807) is 17.0 Å². The topological polar surface area (TPSA) is 79.6 Å². The Balaban J connectivity index is 1.59. The highest BCUT2D eigenvalue weighted by molar-refractivity contribution is 5.93. The molecule has 2 heterocycles. The van der Waals surface area contributed by atoms with Crippen LogP contribution in [0, 0.1) is 6.92 Å². The number of hydrogen-bond acceptors (Lipinski definition) is 4. The molecule has 1 aliphatic heterocycles. The number of amides is 2. The normalized spacial score (nSPS) is 14.4. The van der Waals surface area contributed by atoms with Crippen LogP contribution in [0.5, 0.6) is 0 Å². The Morgan fingerprint density at radius 3 is 2.88 bits per heavy atom. The Labute approximate surface area is 139 Å². The Morgan fingerprint density at radius 1 is 1.29 bits per heavy atom. The van der Waals surface area contributed by atoms with Crippen LogP contribution in [0.25, 0.3) is 11.0 Å². The maximum Gasteiger partial charge on any atom is 0.336 e. The van der Waals surface area contributed by atoms with E-state index in [9.17, 15) is 14.4 Å². The molecule has 3 rings (SSSR count). The van der Waals surface area contributed by atoms with Crippen LogP contribution >= 0.6 is 0 Å². The van der Waals surface area contributed by atoms with Crippen molar-refractivity contribution < 1.29 is 14.0 Å². The van der Waals surface area contributed by atoms with Crippen LogP contribution in [0.1, 0.15) is 31.2 Å². The van der Waals surface area contributed by atoms with Crippen molar-refractivity contribution in [3.63, 3.8) is 0 Å². The fraction of sp³-hybridized carbons (Fsp3) is 0.389. The van der Waals surface area contributed by atoms with Crippen molar-refractivity contribution in [1.29, 1.82) is 0 Å². The zero-order chi connectivity index (χ0) is 17.1. The fourth-order valence-electron chi connectivity index (χ4n) is 3.00. The lowest BCUT2D eigenvalue weighted by Gasteiger charge is -2.14. The maximum absolute atomic E-state index is 12.0. The van der Waals surface area contributed by atoms with Gasteiger partial charge in [-0.2, -0.15) is 0 Å². The van der Waals surface area contributed by atoms with Gasteiger partial charge in [0.25, 0.3) is 0 Å². The highest BCUT2D eigenvalue weighted by atomic mass is 16.4. The summed E-state index contributed by atoms with van der Waals surface area (Å²) in [6, 6.07) is 6.72. The second kappa shape index (κ2) is 6.86. The summed E-state index contributed by atoms with van der Waals surface area (Å²) in [5.74, 6) is 0.0614. The molecular weight excluding hydrogens is 308 g/mol. The zero-order valence-corrected chi connectivity index (χ0v) is 13.6. The van der Waals surface area contributed by atoms with Crippen LogP contribution in [0.15, 0.2) is 33.5 Å².